The van der Waals surface area contributed by atoms with Gasteiger partial charge >= 0.3 is 0 Å². The van der Waals surface area contributed by atoms with Gasteiger partial charge in [0.05, 0.1) is 0 Å². The van der Waals surface area contributed by atoms with Crippen LogP contribution in [0, 0.1) is 5.41 Å². The zero-order valence-corrected chi connectivity index (χ0v) is 10.2. The number of rotatable bonds is 6. The van der Waals surface area contributed by atoms with Gasteiger partial charge < -0.3 is 10.3 Å². The van der Waals surface area contributed by atoms with Crippen LogP contribution in [0.25, 0.3) is 0 Å². The molecule has 4 heteroatoms. The first-order chi connectivity index (χ1) is 7.61. The molecule has 1 aliphatic carbocycles. The molecule has 0 bridgehead atoms. The molecule has 0 atom stereocenters. The normalized spacial score (nSPS) is 16.7. The molecule has 90 valence electrons. The highest BCUT2D eigenvalue weighted by Crippen LogP contribution is 2.38. The summed E-state index contributed by atoms with van der Waals surface area (Å²) in [4.78, 5) is 4.43. The summed E-state index contributed by atoms with van der Waals surface area (Å²) in [6.45, 7) is 5.21. The molecule has 1 aromatic rings. The summed E-state index contributed by atoms with van der Waals surface area (Å²) in [5.41, 5.74) is 5.85. The van der Waals surface area contributed by atoms with Crippen molar-refractivity contribution in [3.05, 3.63) is 11.7 Å². The fraction of sp³-hybridized carbons (Fsp3) is 0.833. The zero-order chi connectivity index (χ0) is 11.6. The molecule has 0 saturated heterocycles. The van der Waals surface area contributed by atoms with Crippen LogP contribution in [0.15, 0.2) is 4.52 Å². The molecule has 1 aromatic heterocycles. The SMILES string of the molecule is CC(C)(CCN)CCc1nc(C2CC2)no1. The maximum Gasteiger partial charge on any atom is 0.226 e. The Morgan fingerprint density at radius 3 is 2.75 bits per heavy atom. The lowest BCUT2D eigenvalue weighted by atomic mass is 9.84. The van der Waals surface area contributed by atoms with E-state index in [0.29, 0.717) is 5.92 Å². The van der Waals surface area contributed by atoms with Crippen LogP contribution in [0.5, 0.6) is 0 Å². The highest BCUT2D eigenvalue weighted by Gasteiger charge is 2.29. The molecule has 0 spiro atoms. The van der Waals surface area contributed by atoms with Crippen LogP contribution in [0.1, 0.15) is 57.2 Å². The van der Waals surface area contributed by atoms with Crippen molar-refractivity contribution in [3.8, 4) is 0 Å². The Morgan fingerprint density at radius 2 is 2.12 bits per heavy atom. The number of hydrogen-bond acceptors (Lipinski definition) is 4. The molecule has 1 heterocycles. The van der Waals surface area contributed by atoms with Crippen molar-refractivity contribution in [2.24, 2.45) is 11.1 Å². The van der Waals surface area contributed by atoms with Crippen molar-refractivity contribution in [3.63, 3.8) is 0 Å². The summed E-state index contributed by atoms with van der Waals surface area (Å²) in [6.07, 6.45) is 5.40. The van der Waals surface area contributed by atoms with Gasteiger partial charge in [0.1, 0.15) is 0 Å². The summed E-state index contributed by atoms with van der Waals surface area (Å²) >= 11 is 0. The lowest BCUT2D eigenvalue weighted by Crippen LogP contribution is -2.17. The van der Waals surface area contributed by atoms with Crippen molar-refractivity contribution in [2.45, 2.75) is 51.9 Å². The standard InChI is InChI=1S/C12H21N3O/c1-12(2,7-8-13)6-5-10-14-11(15-16-10)9-3-4-9/h9H,3-8,13H2,1-2H3. The molecule has 16 heavy (non-hydrogen) atoms. The lowest BCUT2D eigenvalue weighted by Gasteiger charge is -2.22. The van der Waals surface area contributed by atoms with Crippen molar-refractivity contribution < 1.29 is 4.52 Å². The number of nitrogens with two attached hydrogens (primary N) is 1. The molecule has 0 aromatic carbocycles. The third-order valence-electron chi connectivity index (χ3n) is 3.26. The Bertz CT molecular complexity index is 342. The van der Waals surface area contributed by atoms with Crippen LogP contribution in [0.2, 0.25) is 0 Å². The number of aryl methyl sites for hydroxylation is 1. The van der Waals surface area contributed by atoms with E-state index in [1.807, 2.05) is 0 Å². The molecule has 2 N–H and O–H groups in total. The van der Waals surface area contributed by atoms with E-state index in [2.05, 4.69) is 24.0 Å². The molecule has 1 fully saturated rings. The largest absolute Gasteiger partial charge is 0.339 e. The van der Waals surface area contributed by atoms with Gasteiger partial charge in [-0.25, -0.2) is 0 Å². The zero-order valence-electron chi connectivity index (χ0n) is 10.2. The highest BCUT2D eigenvalue weighted by molar-refractivity contribution is 5.03. The summed E-state index contributed by atoms with van der Waals surface area (Å²) in [7, 11) is 0. The maximum absolute atomic E-state index is 5.58. The maximum atomic E-state index is 5.58. The second-order valence-corrected chi connectivity index (χ2v) is 5.52. The summed E-state index contributed by atoms with van der Waals surface area (Å²) in [5, 5.41) is 4.01. The molecular formula is C12H21N3O. The van der Waals surface area contributed by atoms with E-state index in [1.54, 1.807) is 0 Å². The third kappa shape index (κ3) is 3.04. The number of nitrogens with zero attached hydrogens (tertiary/aromatic N) is 2. The Balaban J connectivity index is 1.84. The highest BCUT2D eigenvalue weighted by atomic mass is 16.5. The monoisotopic (exact) mass is 223 g/mol. The average Bonchev–Trinajstić information content (AvgIpc) is 2.95. The van der Waals surface area contributed by atoms with Gasteiger partial charge in [-0.1, -0.05) is 19.0 Å². The molecule has 0 amide bonds. The summed E-state index contributed by atoms with van der Waals surface area (Å²) in [6, 6.07) is 0. The van der Waals surface area contributed by atoms with E-state index < -0.39 is 0 Å². The summed E-state index contributed by atoms with van der Waals surface area (Å²) < 4.78 is 5.25. The van der Waals surface area contributed by atoms with Gasteiger partial charge in [-0.2, -0.15) is 4.98 Å². The third-order valence-corrected chi connectivity index (χ3v) is 3.26. The smallest absolute Gasteiger partial charge is 0.226 e. The lowest BCUT2D eigenvalue weighted by molar-refractivity contribution is 0.288. The number of aromatic nitrogens is 2. The minimum atomic E-state index is 0.267. The molecule has 4 nitrogen and oxygen atoms in total. The van der Waals surface area contributed by atoms with Crippen molar-refractivity contribution in [2.75, 3.05) is 6.54 Å². The van der Waals surface area contributed by atoms with E-state index in [9.17, 15) is 0 Å². The van der Waals surface area contributed by atoms with E-state index in [-0.39, 0.29) is 5.41 Å². The van der Waals surface area contributed by atoms with Crippen LogP contribution >= 0.6 is 0 Å². The Hall–Kier alpha value is -0.900. The van der Waals surface area contributed by atoms with Gasteiger partial charge in [0, 0.05) is 12.3 Å². The van der Waals surface area contributed by atoms with E-state index in [1.165, 1.54) is 12.8 Å². The molecule has 0 unspecified atom stereocenters. The van der Waals surface area contributed by atoms with Gasteiger partial charge in [-0.3, -0.25) is 0 Å². The van der Waals surface area contributed by atoms with E-state index >= 15 is 0 Å². The average molecular weight is 223 g/mol. The minimum Gasteiger partial charge on any atom is -0.339 e. The fourth-order valence-electron chi connectivity index (χ4n) is 1.84. The van der Waals surface area contributed by atoms with Gasteiger partial charge in [0.25, 0.3) is 0 Å². The molecule has 1 aliphatic rings. The first-order valence-electron chi connectivity index (χ1n) is 6.13. The van der Waals surface area contributed by atoms with Crippen LogP contribution < -0.4 is 5.73 Å². The quantitative estimate of drug-likeness (QED) is 0.803. The van der Waals surface area contributed by atoms with E-state index in [0.717, 1.165) is 37.5 Å². The topological polar surface area (TPSA) is 64.9 Å². The van der Waals surface area contributed by atoms with Crippen molar-refractivity contribution >= 4 is 0 Å². The first kappa shape index (κ1) is 11.6. The predicted molar refractivity (Wildman–Crippen MR) is 62.0 cm³/mol. The Labute approximate surface area is 96.6 Å². The molecule has 2 rings (SSSR count). The fourth-order valence-corrected chi connectivity index (χ4v) is 1.84. The molecule has 0 aliphatic heterocycles. The van der Waals surface area contributed by atoms with Gasteiger partial charge in [-0.05, 0) is 37.6 Å². The van der Waals surface area contributed by atoms with Gasteiger partial charge in [0.15, 0.2) is 5.82 Å². The van der Waals surface area contributed by atoms with Crippen LogP contribution in [0.3, 0.4) is 0 Å². The molecule has 0 radical (unpaired) electrons. The van der Waals surface area contributed by atoms with Gasteiger partial charge in [0.2, 0.25) is 5.89 Å². The minimum absolute atomic E-state index is 0.267. The van der Waals surface area contributed by atoms with Crippen molar-refractivity contribution in [1.82, 2.24) is 10.1 Å². The molecular weight excluding hydrogens is 202 g/mol. The van der Waals surface area contributed by atoms with Crippen LogP contribution in [-0.2, 0) is 6.42 Å². The van der Waals surface area contributed by atoms with Crippen LogP contribution in [0.4, 0.5) is 0 Å². The summed E-state index contributed by atoms with van der Waals surface area (Å²) in [5.74, 6) is 2.27. The second-order valence-electron chi connectivity index (χ2n) is 5.52. The van der Waals surface area contributed by atoms with Gasteiger partial charge in [-0.15, -0.1) is 0 Å². The molecule has 1 saturated carbocycles. The predicted octanol–water partition coefficient (Wildman–Crippen LogP) is 2.25. The van der Waals surface area contributed by atoms with Crippen LogP contribution in [-0.4, -0.2) is 16.7 Å². The Morgan fingerprint density at radius 1 is 1.38 bits per heavy atom. The Kier molecular flexibility index (Phi) is 3.28. The van der Waals surface area contributed by atoms with E-state index in [4.69, 9.17) is 10.3 Å². The van der Waals surface area contributed by atoms with Crippen molar-refractivity contribution in [1.29, 1.82) is 0 Å². The first-order valence-corrected chi connectivity index (χ1v) is 6.13. The second kappa shape index (κ2) is 4.53. The number of hydrogen-bond donors (Lipinski definition) is 1.